The Labute approximate surface area is 120 Å². The minimum Gasteiger partial charge on any atom is -0.465 e. The second-order valence-electron chi connectivity index (χ2n) is 4.78. The second-order valence-corrected chi connectivity index (χ2v) is 5.42. The summed E-state index contributed by atoms with van der Waals surface area (Å²) in [5.41, 5.74) is 0. The Morgan fingerprint density at radius 3 is 2.28 bits per heavy atom. The maximum absolute atomic E-state index is 11.3. The average molecular weight is 319 g/mol. The van der Waals surface area contributed by atoms with E-state index in [2.05, 4.69) is 22.5 Å². The number of esters is 1. The van der Waals surface area contributed by atoms with Crippen LogP contribution >= 0.6 is 15.9 Å². The first-order valence-corrected chi connectivity index (χ1v) is 8.18. The van der Waals surface area contributed by atoms with Crippen LogP contribution in [0.2, 0.25) is 0 Å². The highest BCUT2D eigenvalue weighted by Gasteiger charge is 2.11. The third-order valence-electron chi connectivity index (χ3n) is 2.93. The fourth-order valence-corrected chi connectivity index (χ4v) is 1.92. The Bertz CT molecular complexity index is 217. The van der Waals surface area contributed by atoms with Crippen molar-refractivity contribution in [3.05, 3.63) is 12.7 Å². The molecule has 0 fully saturated rings. The molecule has 0 aliphatic carbocycles. The molecule has 1 unspecified atom stereocenters. The summed E-state index contributed by atoms with van der Waals surface area (Å²) in [6.07, 6.45) is 11.7. The maximum Gasteiger partial charge on any atom is 0.309 e. The van der Waals surface area contributed by atoms with E-state index in [-0.39, 0.29) is 11.9 Å². The molecule has 0 heterocycles. The molecule has 0 radical (unpaired) electrons. The third-order valence-corrected chi connectivity index (χ3v) is 3.90. The molecule has 0 aromatic carbocycles. The number of allylic oxidation sites excluding steroid dienone is 1. The summed E-state index contributed by atoms with van der Waals surface area (Å²) in [5.74, 6) is -0.119. The van der Waals surface area contributed by atoms with E-state index in [0.29, 0.717) is 11.9 Å². The molecule has 18 heavy (non-hydrogen) atoms. The Morgan fingerprint density at radius 2 is 1.72 bits per heavy atom. The minimum atomic E-state index is -0.0868. The van der Waals surface area contributed by atoms with E-state index >= 15 is 0 Å². The number of rotatable bonds is 12. The first-order chi connectivity index (χ1) is 8.72. The van der Waals surface area contributed by atoms with Crippen LogP contribution in [0.5, 0.6) is 0 Å². The Hall–Kier alpha value is -0.310. The van der Waals surface area contributed by atoms with Crippen molar-refractivity contribution < 1.29 is 9.53 Å². The van der Waals surface area contributed by atoms with Crippen molar-refractivity contribution in [2.24, 2.45) is 5.92 Å². The molecule has 2 nitrogen and oxygen atoms in total. The van der Waals surface area contributed by atoms with Crippen molar-refractivity contribution in [1.82, 2.24) is 0 Å². The number of ether oxygens (including phenoxy) is 1. The van der Waals surface area contributed by atoms with E-state index in [9.17, 15) is 4.79 Å². The van der Waals surface area contributed by atoms with Gasteiger partial charge in [-0.05, 0) is 19.3 Å². The van der Waals surface area contributed by atoms with Crippen LogP contribution in [0.1, 0.15) is 58.3 Å². The normalized spacial score (nSPS) is 12.1. The van der Waals surface area contributed by atoms with Crippen LogP contribution in [0.4, 0.5) is 0 Å². The molecule has 0 aromatic rings. The number of carbonyl (C=O) groups is 1. The lowest BCUT2D eigenvalue weighted by Crippen LogP contribution is -2.16. The Kier molecular flexibility index (Phi) is 12.9. The fourth-order valence-electron chi connectivity index (χ4n) is 1.65. The number of hydrogen-bond acceptors (Lipinski definition) is 2. The van der Waals surface area contributed by atoms with E-state index in [0.717, 1.165) is 19.3 Å². The van der Waals surface area contributed by atoms with E-state index in [1.54, 1.807) is 0 Å². The maximum atomic E-state index is 11.3. The first kappa shape index (κ1) is 17.7. The van der Waals surface area contributed by atoms with Gasteiger partial charge in [-0.2, -0.15) is 0 Å². The summed E-state index contributed by atoms with van der Waals surface area (Å²) in [6.45, 7) is 6.17. The molecule has 0 saturated carbocycles. The van der Waals surface area contributed by atoms with Crippen molar-refractivity contribution in [2.45, 2.75) is 58.3 Å². The smallest absolute Gasteiger partial charge is 0.309 e. The van der Waals surface area contributed by atoms with Gasteiger partial charge in [0.1, 0.15) is 0 Å². The molecular formula is C15H27BrO2. The topological polar surface area (TPSA) is 26.3 Å². The molecule has 3 heteroatoms. The molecule has 0 aliphatic rings. The van der Waals surface area contributed by atoms with Crippen molar-refractivity contribution in [3.8, 4) is 0 Å². The van der Waals surface area contributed by atoms with Gasteiger partial charge in [0.2, 0.25) is 0 Å². The third kappa shape index (κ3) is 10.8. The lowest BCUT2D eigenvalue weighted by atomic mass is 10.1. The van der Waals surface area contributed by atoms with Crippen LogP contribution in [0.25, 0.3) is 0 Å². The second kappa shape index (κ2) is 13.1. The van der Waals surface area contributed by atoms with Crippen LogP contribution in [-0.2, 0) is 9.53 Å². The average Bonchev–Trinajstić information content (AvgIpc) is 2.39. The number of unbranched alkanes of at least 4 members (excludes halogenated alkanes) is 7. The molecule has 0 rings (SSSR count). The van der Waals surface area contributed by atoms with Crippen molar-refractivity contribution in [2.75, 3.05) is 11.9 Å². The Balaban J connectivity index is 3.16. The molecule has 0 spiro atoms. The molecule has 0 bridgehead atoms. The van der Waals surface area contributed by atoms with Crippen molar-refractivity contribution in [1.29, 1.82) is 0 Å². The van der Waals surface area contributed by atoms with Gasteiger partial charge in [-0.3, -0.25) is 4.79 Å². The molecule has 1 atom stereocenters. The SMILES string of the molecule is C=CCCCCCCCCCOC(=O)C(C)CBr. The summed E-state index contributed by atoms with van der Waals surface area (Å²) in [6, 6.07) is 0. The van der Waals surface area contributed by atoms with Crippen LogP contribution in [0.15, 0.2) is 12.7 Å². The van der Waals surface area contributed by atoms with E-state index in [1.807, 2.05) is 13.0 Å². The van der Waals surface area contributed by atoms with Crippen LogP contribution < -0.4 is 0 Å². The van der Waals surface area contributed by atoms with Gasteiger partial charge in [0.25, 0.3) is 0 Å². The van der Waals surface area contributed by atoms with E-state index in [1.165, 1.54) is 32.1 Å². The quantitative estimate of drug-likeness (QED) is 0.222. The molecular weight excluding hydrogens is 292 g/mol. The zero-order chi connectivity index (χ0) is 13.6. The van der Waals surface area contributed by atoms with Crippen molar-refractivity contribution in [3.63, 3.8) is 0 Å². The predicted octanol–water partition coefficient (Wildman–Crippen LogP) is 4.87. The number of carbonyl (C=O) groups excluding carboxylic acids is 1. The van der Waals surface area contributed by atoms with Gasteiger partial charge in [0.15, 0.2) is 0 Å². The molecule has 0 aliphatic heterocycles. The van der Waals surface area contributed by atoms with Gasteiger partial charge in [-0.15, -0.1) is 6.58 Å². The molecule has 0 amide bonds. The zero-order valence-corrected chi connectivity index (χ0v) is 13.2. The van der Waals surface area contributed by atoms with E-state index in [4.69, 9.17) is 4.74 Å². The Morgan fingerprint density at radius 1 is 1.17 bits per heavy atom. The first-order valence-electron chi connectivity index (χ1n) is 7.05. The summed E-state index contributed by atoms with van der Waals surface area (Å²) >= 11 is 3.28. The standard InChI is InChI=1S/C15H27BrO2/c1-3-4-5-6-7-8-9-10-11-12-18-15(17)14(2)13-16/h3,14H,1,4-13H2,2H3. The van der Waals surface area contributed by atoms with E-state index < -0.39 is 0 Å². The monoisotopic (exact) mass is 318 g/mol. The molecule has 0 saturated heterocycles. The lowest BCUT2D eigenvalue weighted by molar-refractivity contribution is -0.147. The minimum absolute atomic E-state index is 0.0325. The summed E-state index contributed by atoms with van der Waals surface area (Å²) in [7, 11) is 0. The number of alkyl halides is 1. The van der Waals surface area contributed by atoms with Gasteiger partial charge in [-0.25, -0.2) is 0 Å². The van der Waals surface area contributed by atoms with Crippen LogP contribution in [0.3, 0.4) is 0 Å². The van der Waals surface area contributed by atoms with Crippen molar-refractivity contribution >= 4 is 21.9 Å². The number of halogens is 1. The summed E-state index contributed by atoms with van der Waals surface area (Å²) in [5, 5.41) is 0.677. The van der Waals surface area contributed by atoms with Crippen LogP contribution in [-0.4, -0.2) is 17.9 Å². The summed E-state index contributed by atoms with van der Waals surface area (Å²) in [4.78, 5) is 11.3. The summed E-state index contributed by atoms with van der Waals surface area (Å²) < 4.78 is 5.17. The molecule has 106 valence electrons. The van der Waals surface area contributed by atoms with Gasteiger partial charge in [0.05, 0.1) is 12.5 Å². The van der Waals surface area contributed by atoms with Crippen LogP contribution in [0, 0.1) is 5.92 Å². The fraction of sp³-hybridized carbons (Fsp3) is 0.800. The highest BCUT2D eigenvalue weighted by Crippen LogP contribution is 2.09. The zero-order valence-electron chi connectivity index (χ0n) is 11.6. The van der Waals surface area contributed by atoms with Gasteiger partial charge >= 0.3 is 5.97 Å². The van der Waals surface area contributed by atoms with Gasteiger partial charge < -0.3 is 4.74 Å². The highest BCUT2D eigenvalue weighted by molar-refractivity contribution is 9.09. The van der Waals surface area contributed by atoms with Gasteiger partial charge in [0, 0.05) is 5.33 Å². The predicted molar refractivity (Wildman–Crippen MR) is 81.1 cm³/mol. The largest absolute Gasteiger partial charge is 0.465 e. The number of hydrogen-bond donors (Lipinski definition) is 0. The lowest BCUT2D eigenvalue weighted by Gasteiger charge is -2.08. The highest BCUT2D eigenvalue weighted by atomic mass is 79.9. The van der Waals surface area contributed by atoms with Gasteiger partial charge in [-0.1, -0.05) is 61.0 Å². The molecule has 0 aromatic heterocycles. The molecule has 0 N–H and O–H groups in total.